The third-order valence-corrected chi connectivity index (χ3v) is 4.80. The van der Waals surface area contributed by atoms with E-state index in [1.54, 1.807) is 6.92 Å². The molecule has 0 N–H and O–H groups in total. The fourth-order valence-electron chi connectivity index (χ4n) is 2.41. The molecule has 23 heavy (non-hydrogen) atoms. The maximum Gasteiger partial charge on any atom is 0.433 e. The molecule has 0 aliphatic heterocycles. The molecular weight excluding hydrogens is 329 g/mol. The minimum atomic E-state index is -4.59. The van der Waals surface area contributed by atoms with E-state index in [0.29, 0.717) is 14.9 Å². The average molecular weight is 342 g/mol. The van der Waals surface area contributed by atoms with Crippen molar-refractivity contribution in [3.63, 3.8) is 0 Å². The first-order chi connectivity index (χ1) is 10.6. The fraction of sp³-hybridized carbons (Fsp3) is 0.357. The molecule has 0 aliphatic carbocycles. The van der Waals surface area contributed by atoms with Crippen LogP contribution in [0.1, 0.15) is 21.8 Å². The molecule has 3 heterocycles. The molecule has 3 aromatic rings. The summed E-state index contributed by atoms with van der Waals surface area (Å²) in [5.41, 5.74) is -0.336. The zero-order valence-corrected chi connectivity index (χ0v) is 13.6. The minimum Gasteiger partial charge on any atom is -0.280 e. The van der Waals surface area contributed by atoms with Crippen LogP contribution >= 0.6 is 11.3 Å². The van der Waals surface area contributed by atoms with Crippen LogP contribution in [-0.4, -0.2) is 19.3 Å². The lowest BCUT2D eigenvalue weighted by molar-refractivity contribution is -0.143. The van der Waals surface area contributed by atoms with Crippen molar-refractivity contribution < 1.29 is 13.2 Å². The Bertz CT molecular complexity index is 981. The molecule has 0 saturated carbocycles. The molecule has 3 rings (SSSR count). The third kappa shape index (κ3) is 2.35. The van der Waals surface area contributed by atoms with Gasteiger partial charge in [0.25, 0.3) is 5.56 Å². The van der Waals surface area contributed by atoms with Crippen LogP contribution in [0.3, 0.4) is 0 Å². The number of halogens is 3. The van der Waals surface area contributed by atoms with Crippen molar-refractivity contribution in [1.29, 1.82) is 0 Å². The second-order valence-electron chi connectivity index (χ2n) is 5.32. The van der Waals surface area contributed by atoms with E-state index in [4.69, 9.17) is 0 Å². The molecule has 122 valence electrons. The lowest BCUT2D eigenvalue weighted by Crippen LogP contribution is -2.26. The Morgan fingerprint density at radius 2 is 1.87 bits per heavy atom. The zero-order valence-electron chi connectivity index (χ0n) is 12.8. The topological polar surface area (TPSA) is 52.7 Å². The molecule has 0 fully saturated rings. The Morgan fingerprint density at radius 3 is 2.48 bits per heavy atom. The average Bonchev–Trinajstić information content (AvgIpc) is 2.95. The van der Waals surface area contributed by atoms with Crippen molar-refractivity contribution in [3.8, 4) is 5.95 Å². The van der Waals surface area contributed by atoms with Crippen LogP contribution in [0.15, 0.2) is 10.9 Å². The van der Waals surface area contributed by atoms with Gasteiger partial charge in [0.15, 0.2) is 5.69 Å². The number of aryl methyl sites for hydroxylation is 3. The molecule has 0 atom stereocenters. The van der Waals surface area contributed by atoms with Gasteiger partial charge in [-0.15, -0.1) is 11.3 Å². The number of alkyl halides is 3. The molecule has 5 nitrogen and oxygen atoms in total. The van der Waals surface area contributed by atoms with Crippen LogP contribution in [0.2, 0.25) is 0 Å². The zero-order chi connectivity index (χ0) is 17.1. The smallest absolute Gasteiger partial charge is 0.280 e. The normalized spacial score (nSPS) is 12.3. The number of hydrogen-bond donors (Lipinski definition) is 0. The molecule has 0 aliphatic rings. The summed E-state index contributed by atoms with van der Waals surface area (Å²) >= 11 is 1.28. The lowest BCUT2D eigenvalue weighted by Gasteiger charge is -2.12. The number of hydrogen-bond acceptors (Lipinski definition) is 4. The molecular formula is C14H13F3N4OS. The quantitative estimate of drug-likeness (QED) is 0.683. The van der Waals surface area contributed by atoms with E-state index in [-0.39, 0.29) is 17.2 Å². The predicted molar refractivity (Wildman–Crippen MR) is 81.2 cm³/mol. The predicted octanol–water partition coefficient (Wildman–Crippen LogP) is 3.12. The number of rotatable bonds is 1. The van der Waals surface area contributed by atoms with Gasteiger partial charge in [0.1, 0.15) is 4.83 Å². The van der Waals surface area contributed by atoms with Gasteiger partial charge in [0, 0.05) is 11.9 Å². The number of thiophene rings is 1. The van der Waals surface area contributed by atoms with Crippen LogP contribution in [0.5, 0.6) is 0 Å². The highest BCUT2D eigenvalue weighted by molar-refractivity contribution is 7.18. The van der Waals surface area contributed by atoms with Crippen molar-refractivity contribution in [2.24, 2.45) is 7.05 Å². The van der Waals surface area contributed by atoms with Crippen LogP contribution in [0, 0.1) is 20.8 Å². The van der Waals surface area contributed by atoms with Gasteiger partial charge < -0.3 is 0 Å². The Balaban J connectivity index is 2.39. The van der Waals surface area contributed by atoms with Gasteiger partial charge in [-0.05, 0) is 32.4 Å². The minimum absolute atomic E-state index is 0.149. The van der Waals surface area contributed by atoms with Crippen molar-refractivity contribution in [2.45, 2.75) is 26.9 Å². The summed E-state index contributed by atoms with van der Waals surface area (Å²) in [4.78, 5) is 18.1. The summed E-state index contributed by atoms with van der Waals surface area (Å²) in [7, 11) is 1.40. The first kappa shape index (κ1) is 15.7. The second kappa shape index (κ2) is 4.92. The molecule has 9 heteroatoms. The van der Waals surface area contributed by atoms with Gasteiger partial charge in [-0.1, -0.05) is 0 Å². The Hall–Kier alpha value is -2.16. The van der Waals surface area contributed by atoms with Crippen LogP contribution < -0.4 is 5.56 Å². The summed E-state index contributed by atoms with van der Waals surface area (Å²) in [5, 5.41) is 4.31. The Labute approximate surface area is 133 Å². The lowest BCUT2D eigenvalue weighted by atomic mass is 10.2. The first-order valence-corrected chi connectivity index (χ1v) is 7.54. The van der Waals surface area contributed by atoms with Crippen LogP contribution in [0.25, 0.3) is 16.2 Å². The molecule has 0 amide bonds. The third-order valence-electron chi connectivity index (χ3n) is 3.70. The summed E-state index contributed by atoms with van der Waals surface area (Å²) in [6.45, 7) is 5.11. The standard InChI is InChI=1S/C14H13F3N4OS/c1-6-5-9(14(15,16)17)21(19-6)13-18-11-10(12(22)20(13)4)7(2)8(3)23-11/h5H,1-4H3. The maximum absolute atomic E-state index is 13.2. The summed E-state index contributed by atoms with van der Waals surface area (Å²) in [6, 6.07) is 0.932. The SMILES string of the molecule is Cc1cc(C(F)(F)F)n(-c2nc3sc(C)c(C)c3c(=O)n2C)n1. The van der Waals surface area contributed by atoms with Crippen molar-refractivity contribution >= 4 is 21.6 Å². The molecule has 0 aromatic carbocycles. The van der Waals surface area contributed by atoms with Gasteiger partial charge in [0.2, 0.25) is 5.95 Å². The number of nitrogens with zero attached hydrogens (tertiary/aromatic N) is 4. The first-order valence-electron chi connectivity index (χ1n) is 6.72. The highest BCUT2D eigenvalue weighted by atomic mass is 32.1. The van der Waals surface area contributed by atoms with E-state index in [2.05, 4.69) is 10.1 Å². The van der Waals surface area contributed by atoms with E-state index in [1.165, 1.54) is 25.3 Å². The largest absolute Gasteiger partial charge is 0.433 e. The molecule has 0 bridgehead atoms. The number of fused-ring (bicyclic) bond motifs is 1. The van der Waals surface area contributed by atoms with Gasteiger partial charge in [-0.3, -0.25) is 9.36 Å². The Kier molecular flexibility index (Phi) is 3.36. The van der Waals surface area contributed by atoms with Gasteiger partial charge >= 0.3 is 6.18 Å². The van der Waals surface area contributed by atoms with Crippen LogP contribution in [-0.2, 0) is 13.2 Å². The highest BCUT2D eigenvalue weighted by Gasteiger charge is 2.37. The summed E-state index contributed by atoms with van der Waals surface area (Å²) in [6.07, 6.45) is -4.59. The van der Waals surface area contributed by atoms with E-state index in [1.807, 2.05) is 6.92 Å². The van der Waals surface area contributed by atoms with E-state index >= 15 is 0 Å². The molecule has 3 aromatic heterocycles. The van der Waals surface area contributed by atoms with Gasteiger partial charge in [-0.2, -0.15) is 23.0 Å². The van der Waals surface area contributed by atoms with Crippen molar-refractivity contribution in [1.82, 2.24) is 19.3 Å². The summed E-state index contributed by atoms with van der Waals surface area (Å²) < 4.78 is 41.3. The van der Waals surface area contributed by atoms with E-state index in [0.717, 1.165) is 21.1 Å². The van der Waals surface area contributed by atoms with Gasteiger partial charge in [-0.25, -0.2) is 4.98 Å². The molecule has 0 saturated heterocycles. The van der Waals surface area contributed by atoms with E-state index in [9.17, 15) is 18.0 Å². The Morgan fingerprint density at radius 1 is 1.22 bits per heavy atom. The maximum atomic E-state index is 13.2. The second-order valence-corrected chi connectivity index (χ2v) is 6.52. The summed E-state index contributed by atoms with van der Waals surface area (Å²) in [5.74, 6) is -0.149. The van der Waals surface area contributed by atoms with Crippen LogP contribution in [0.4, 0.5) is 13.2 Å². The van der Waals surface area contributed by atoms with Gasteiger partial charge in [0.05, 0.1) is 11.1 Å². The molecule has 0 spiro atoms. The van der Waals surface area contributed by atoms with Crippen molar-refractivity contribution in [3.05, 3.63) is 38.2 Å². The molecule has 0 unspecified atom stereocenters. The monoisotopic (exact) mass is 342 g/mol. The fourth-order valence-corrected chi connectivity index (χ4v) is 3.42. The molecule has 0 radical (unpaired) electrons. The number of aromatic nitrogens is 4. The van der Waals surface area contributed by atoms with Crippen molar-refractivity contribution in [2.75, 3.05) is 0 Å². The van der Waals surface area contributed by atoms with E-state index < -0.39 is 11.9 Å². The highest BCUT2D eigenvalue weighted by Crippen LogP contribution is 2.32.